The monoisotopic (exact) mass is 260 g/mol. The SMILES string of the molecule is C#CC#CC#CC#CC#CC#COC(=O)C(C)(C)CC. The third-order valence-electron chi connectivity index (χ3n) is 2.20. The van der Waals surface area contributed by atoms with Gasteiger partial charge >= 0.3 is 5.97 Å². The maximum Gasteiger partial charge on any atom is 0.325 e. The molecular formula is C18H12O2. The minimum atomic E-state index is -0.545. The molecule has 0 saturated heterocycles. The van der Waals surface area contributed by atoms with E-state index in [1.165, 1.54) is 0 Å². The average Bonchev–Trinajstić information content (AvgIpc) is 2.44. The van der Waals surface area contributed by atoms with E-state index in [9.17, 15) is 4.79 Å². The molecule has 20 heavy (non-hydrogen) atoms. The lowest BCUT2D eigenvalue weighted by Crippen LogP contribution is -2.24. The highest BCUT2D eigenvalue weighted by Gasteiger charge is 2.26. The molecule has 0 heterocycles. The lowest BCUT2D eigenvalue weighted by Gasteiger charge is -2.17. The normalized spacial score (nSPS) is 7.10. The van der Waals surface area contributed by atoms with Crippen molar-refractivity contribution in [3.63, 3.8) is 0 Å². The van der Waals surface area contributed by atoms with E-state index in [4.69, 9.17) is 11.2 Å². The van der Waals surface area contributed by atoms with Crippen LogP contribution in [0.25, 0.3) is 0 Å². The first-order chi connectivity index (χ1) is 9.54. The summed E-state index contributed by atoms with van der Waals surface area (Å²) in [7, 11) is 0. The number of esters is 1. The van der Waals surface area contributed by atoms with E-state index in [-0.39, 0.29) is 5.97 Å². The Morgan fingerprint density at radius 3 is 1.85 bits per heavy atom. The molecule has 0 atom stereocenters. The predicted octanol–water partition coefficient (Wildman–Crippen LogP) is 1.57. The van der Waals surface area contributed by atoms with Gasteiger partial charge in [-0.25, -0.2) is 0 Å². The Hall–Kier alpha value is -3.17. The van der Waals surface area contributed by atoms with Crippen LogP contribution < -0.4 is 0 Å². The number of ether oxygens (including phenoxy) is 1. The standard InChI is InChI=1S/C18H12O2/c1-5-7-8-9-10-11-12-13-14-15-16-20-17(19)18(3,4)6-2/h1H,6H2,2-4H3. The van der Waals surface area contributed by atoms with Gasteiger partial charge in [-0.1, -0.05) is 6.92 Å². The number of hydrogen-bond acceptors (Lipinski definition) is 2. The summed E-state index contributed by atoms with van der Waals surface area (Å²) in [6.45, 7) is 5.48. The molecule has 2 heteroatoms. The molecule has 0 spiro atoms. The third kappa shape index (κ3) is 8.00. The van der Waals surface area contributed by atoms with Gasteiger partial charge in [0.15, 0.2) is 0 Å². The maximum absolute atomic E-state index is 11.5. The van der Waals surface area contributed by atoms with Crippen molar-refractivity contribution in [1.29, 1.82) is 0 Å². The molecule has 2 nitrogen and oxygen atoms in total. The van der Waals surface area contributed by atoms with Crippen molar-refractivity contribution in [3.05, 3.63) is 0 Å². The molecule has 0 aliphatic heterocycles. The molecular weight excluding hydrogens is 248 g/mol. The largest absolute Gasteiger partial charge is 0.371 e. The summed E-state index contributed by atoms with van der Waals surface area (Å²) in [5.41, 5.74) is -0.545. The molecule has 0 unspecified atom stereocenters. The second-order valence-electron chi connectivity index (χ2n) is 4.00. The molecule has 0 amide bonds. The number of terminal acetylenes is 1. The van der Waals surface area contributed by atoms with Crippen LogP contribution in [-0.4, -0.2) is 5.97 Å². The fourth-order valence-electron chi connectivity index (χ4n) is 0.635. The first kappa shape index (κ1) is 16.8. The van der Waals surface area contributed by atoms with E-state index < -0.39 is 5.41 Å². The predicted molar refractivity (Wildman–Crippen MR) is 77.9 cm³/mol. The second kappa shape index (κ2) is 9.82. The Labute approximate surface area is 120 Å². The van der Waals surface area contributed by atoms with Crippen molar-refractivity contribution >= 4 is 5.97 Å². The van der Waals surface area contributed by atoms with Gasteiger partial charge in [-0.05, 0) is 49.9 Å². The van der Waals surface area contributed by atoms with E-state index in [1.54, 1.807) is 13.8 Å². The van der Waals surface area contributed by atoms with Crippen LogP contribution >= 0.6 is 0 Å². The molecule has 0 aliphatic rings. The summed E-state index contributed by atoms with van der Waals surface area (Å²) in [6.07, 6.45) is 7.79. The smallest absolute Gasteiger partial charge is 0.325 e. The summed E-state index contributed by atoms with van der Waals surface area (Å²) in [5, 5.41) is 0. The summed E-state index contributed by atoms with van der Waals surface area (Å²) in [6, 6.07) is 0. The lowest BCUT2D eigenvalue weighted by molar-refractivity contribution is -0.146. The highest BCUT2D eigenvalue weighted by atomic mass is 16.5. The summed E-state index contributed by atoms with van der Waals surface area (Å²) in [5.74, 6) is 23.4. The van der Waals surface area contributed by atoms with Gasteiger partial charge in [0.2, 0.25) is 0 Å². The summed E-state index contributed by atoms with van der Waals surface area (Å²) >= 11 is 0. The van der Waals surface area contributed by atoms with Crippen molar-refractivity contribution < 1.29 is 9.53 Å². The number of rotatable bonds is 2. The molecule has 0 saturated carbocycles. The first-order valence-electron chi connectivity index (χ1n) is 5.71. The van der Waals surface area contributed by atoms with Gasteiger partial charge in [0.05, 0.1) is 5.41 Å². The Morgan fingerprint density at radius 2 is 1.40 bits per heavy atom. The zero-order valence-electron chi connectivity index (χ0n) is 11.6. The molecule has 0 fully saturated rings. The number of carbonyl (C=O) groups is 1. The number of hydrogen-bond donors (Lipinski definition) is 0. The maximum atomic E-state index is 11.5. The van der Waals surface area contributed by atoms with E-state index in [1.807, 2.05) is 6.92 Å². The van der Waals surface area contributed by atoms with Crippen molar-refractivity contribution in [2.45, 2.75) is 27.2 Å². The molecule has 0 radical (unpaired) electrons. The second-order valence-corrected chi connectivity index (χ2v) is 4.00. The van der Waals surface area contributed by atoms with Crippen LogP contribution in [0.15, 0.2) is 0 Å². The van der Waals surface area contributed by atoms with Crippen molar-refractivity contribution in [3.8, 4) is 71.7 Å². The Bertz CT molecular complexity index is 703. The van der Waals surface area contributed by atoms with Crippen LogP contribution in [0.1, 0.15) is 27.2 Å². The molecule has 96 valence electrons. The summed E-state index contributed by atoms with van der Waals surface area (Å²) < 4.78 is 4.75. The average molecular weight is 260 g/mol. The fraction of sp³-hybridized carbons (Fsp3) is 0.278. The van der Waals surface area contributed by atoms with E-state index in [0.717, 1.165) is 0 Å². The lowest BCUT2D eigenvalue weighted by atomic mass is 9.91. The fourth-order valence-corrected chi connectivity index (χ4v) is 0.635. The van der Waals surface area contributed by atoms with E-state index in [0.29, 0.717) is 6.42 Å². The van der Waals surface area contributed by atoms with Crippen LogP contribution in [0.4, 0.5) is 0 Å². The topological polar surface area (TPSA) is 26.3 Å². The highest BCUT2D eigenvalue weighted by Crippen LogP contribution is 2.20. The molecule has 0 aliphatic carbocycles. The van der Waals surface area contributed by atoms with Gasteiger partial charge in [0, 0.05) is 29.6 Å². The number of carbonyl (C=O) groups excluding carboxylic acids is 1. The molecule has 0 bridgehead atoms. The molecule has 0 aromatic carbocycles. The molecule has 0 N–H and O–H groups in total. The minimum absolute atomic E-state index is 0.377. The highest BCUT2D eigenvalue weighted by molar-refractivity contribution is 5.76. The van der Waals surface area contributed by atoms with Gasteiger partial charge in [-0.2, -0.15) is 0 Å². The molecule has 0 aromatic rings. The van der Waals surface area contributed by atoms with Crippen molar-refractivity contribution in [2.24, 2.45) is 5.41 Å². The van der Waals surface area contributed by atoms with Crippen LogP contribution in [0.5, 0.6) is 0 Å². The third-order valence-corrected chi connectivity index (χ3v) is 2.20. The Balaban J connectivity index is 4.35. The van der Waals surface area contributed by atoms with Crippen molar-refractivity contribution in [1.82, 2.24) is 0 Å². The van der Waals surface area contributed by atoms with Crippen LogP contribution in [0, 0.1) is 77.1 Å². The van der Waals surface area contributed by atoms with E-state index in [2.05, 4.69) is 65.3 Å². The van der Waals surface area contributed by atoms with Crippen LogP contribution in [-0.2, 0) is 9.53 Å². The van der Waals surface area contributed by atoms with Crippen LogP contribution in [0.2, 0.25) is 0 Å². The van der Waals surface area contributed by atoms with Gasteiger partial charge in [0.1, 0.15) is 6.11 Å². The van der Waals surface area contributed by atoms with Crippen LogP contribution in [0.3, 0.4) is 0 Å². The zero-order chi connectivity index (χ0) is 15.3. The van der Waals surface area contributed by atoms with Crippen molar-refractivity contribution in [2.75, 3.05) is 0 Å². The van der Waals surface area contributed by atoms with Gasteiger partial charge < -0.3 is 4.74 Å². The summed E-state index contributed by atoms with van der Waals surface area (Å²) in [4.78, 5) is 11.5. The first-order valence-corrected chi connectivity index (χ1v) is 5.71. The molecule has 0 rings (SSSR count). The Morgan fingerprint density at radius 1 is 0.950 bits per heavy atom. The van der Waals surface area contributed by atoms with E-state index >= 15 is 0 Å². The zero-order valence-corrected chi connectivity index (χ0v) is 11.6. The quantitative estimate of drug-likeness (QED) is 0.556. The van der Waals surface area contributed by atoms with Gasteiger partial charge in [-0.3, -0.25) is 4.79 Å². The van der Waals surface area contributed by atoms with Gasteiger partial charge in [-0.15, -0.1) is 6.42 Å². The minimum Gasteiger partial charge on any atom is -0.371 e. The molecule has 0 aromatic heterocycles. The Kier molecular flexibility index (Phi) is 8.26. The van der Waals surface area contributed by atoms with Gasteiger partial charge in [0.25, 0.3) is 0 Å².